The third kappa shape index (κ3) is 2.43. The summed E-state index contributed by atoms with van der Waals surface area (Å²) in [4.78, 5) is 0. The van der Waals surface area contributed by atoms with Gasteiger partial charge >= 0.3 is 0 Å². The van der Waals surface area contributed by atoms with E-state index in [0.717, 1.165) is 17.8 Å². The Labute approximate surface area is 108 Å². The van der Waals surface area contributed by atoms with Gasteiger partial charge in [0, 0.05) is 6.04 Å². The maximum absolute atomic E-state index is 6.44. The molecule has 0 aliphatic heterocycles. The van der Waals surface area contributed by atoms with Gasteiger partial charge < -0.3 is 5.73 Å². The third-order valence-electron chi connectivity index (χ3n) is 5.02. The van der Waals surface area contributed by atoms with Crippen molar-refractivity contribution < 1.29 is 0 Å². The minimum absolute atomic E-state index is 0.295. The highest BCUT2D eigenvalue weighted by Crippen LogP contribution is 2.45. The fraction of sp³-hybridized carbons (Fsp3) is 0.733. The van der Waals surface area contributed by atoms with Crippen LogP contribution in [0.25, 0.3) is 0 Å². The number of hydrogen-bond donors (Lipinski definition) is 1. The van der Waals surface area contributed by atoms with Gasteiger partial charge in [-0.2, -0.15) is 11.3 Å². The van der Waals surface area contributed by atoms with Crippen LogP contribution in [-0.2, 0) is 0 Å². The van der Waals surface area contributed by atoms with Crippen LogP contribution in [0.15, 0.2) is 16.8 Å². The van der Waals surface area contributed by atoms with Crippen molar-refractivity contribution in [1.82, 2.24) is 0 Å². The standard InChI is InChI=1S/C15H23NS/c16-15(14-7-8-17-10-14)13-6-5-11-3-1-2-4-12(11)9-13/h7-8,10-13,15H,1-6,9,16H2. The molecule has 2 N–H and O–H groups in total. The van der Waals surface area contributed by atoms with E-state index < -0.39 is 0 Å². The summed E-state index contributed by atoms with van der Waals surface area (Å²) in [5.41, 5.74) is 7.81. The molecule has 4 atom stereocenters. The summed E-state index contributed by atoms with van der Waals surface area (Å²) in [5, 5.41) is 4.39. The molecule has 2 heteroatoms. The number of thiophene rings is 1. The lowest BCUT2D eigenvalue weighted by atomic mass is 9.66. The molecule has 1 nitrogen and oxygen atoms in total. The van der Waals surface area contributed by atoms with Crippen LogP contribution in [0.2, 0.25) is 0 Å². The van der Waals surface area contributed by atoms with Crippen molar-refractivity contribution in [3.8, 4) is 0 Å². The van der Waals surface area contributed by atoms with Crippen LogP contribution < -0.4 is 5.73 Å². The van der Waals surface area contributed by atoms with Crippen molar-refractivity contribution in [2.75, 3.05) is 0 Å². The first-order chi connectivity index (χ1) is 8.34. The van der Waals surface area contributed by atoms with Gasteiger partial charge in [0.15, 0.2) is 0 Å². The van der Waals surface area contributed by atoms with Gasteiger partial charge in [-0.05, 0) is 59.4 Å². The monoisotopic (exact) mass is 249 g/mol. The van der Waals surface area contributed by atoms with Crippen molar-refractivity contribution in [2.45, 2.75) is 51.0 Å². The molecule has 2 fully saturated rings. The Hall–Kier alpha value is -0.340. The van der Waals surface area contributed by atoms with E-state index in [0.29, 0.717) is 6.04 Å². The molecule has 2 aliphatic carbocycles. The highest BCUT2D eigenvalue weighted by atomic mass is 32.1. The first-order valence-corrected chi connectivity index (χ1v) is 8.06. The number of rotatable bonds is 2. The minimum atomic E-state index is 0.295. The molecule has 1 heterocycles. The van der Waals surface area contributed by atoms with Gasteiger partial charge in [-0.3, -0.25) is 0 Å². The molecule has 1 aromatic heterocycles. The van der Waals surface area contributed by atoms with Crippen LogP contribution in [-0.4, -0.2) is 0 Å². The maximum atomic E-state index is 6.44. The van der Waals surface area contributed by atoms with Crippen molar-refractivity contribution >= 4 is 11.3 Å². The predicted molar refractivity (Wildman–Crippen MR) is 74.0 cm³/mol. The van der Waals surface area contributed by atoms with Crippen molar-refractivity contribution in [2.24, 2.45) is 23.5 Å². The molecule has 94 valence electrons. The zero-order chi connectivity index (χ0) is 11.7. The lowest BCUT2D eigenvalue weighted by molar-refractivity contribution is 0.117. The average molecular weight is 249 g/mol. The van der Waals surface area contributed by atoms with E-state index >= 15 is 0 Å². The molecule has 0 bridgehead atoms. The van der Waals surface area contributed by atoms with E-state index in [-0.39, 0.29) is 0 Å². The summed E-state index contributed by atoms with van der Waals surface area (Å²) >= 11 is 1.77. The summed E-state index contributed by atoms with van der Waals surface area (Å²) in [5.74, 6) is 2.77. The molecule has 3 rings (SSSR count). The van der Waals surface area contributed by atoms with E-state index in [9.17, 15) is 0 Å². The van der Waals surface area contributed by atoms with E-state index in [1.54, 1.807) is 11.3 Å². The predicted octanol–water partition coefficient (Wildman–Crippen LogP) is 4.35. The van der Waals surface area contributed by atoms with Crippen LogP contribution in [0.5, 0.6) is 0 Å². The molecule has 0 amide bonds. The van der Waals surface area contributed by atoms with Gasteiger partial charge in [-0.15, -0.1) is 0 Å². The summed E-state index contributed by atoms with van der Waals surface area (Å²) in [6, 6.07) is 2.51. The van der Waals surface area contributed by atoms with Gasteiger partial charge in [-0.1, -0.05) is 25.7 Å². The van der Waals surface area contributed by atoms with Gasteiger partial charge in [0.1, 0.15) is 0 Å². The second-order valence-electron chi connectivity index (χ2n) is 5.96. The lowest BCUT2D eigenvalue weighted by Crippen LogP contribution is -2.32. The molecule has 2 aliphatic rings. The second kappa shape index (κ2) is 5.11. The molecule has 0 spiro atoms. The smallest absolute Gasteiger partial charge is 0.0331 e. The zero-order valence-electron chi connectivity index (χ0n) is 10.5. The van der Waals surface area contributed by atoms with Crippen LogP contribution in [0.4, 0.5) is 0 Å². The first kappa shape index (κ1) is 11.7. The average Bonchev–Trinajstić information content (AvgIpc) is 2.91. The van der Waals surface area contributed by atoms with Crippen LogP contribution in [0.3, 0.4) is 0 Å². The molecule has 17 heavy (non-hydrogen) atoms. The normalized spacial score (nSPS) is 35.2. The van der Waals surface area contributed by atoms with Crippen LogP contribution in [0, 0.1) is 17.8 Å². The third-order valence-corrected chi connectivity index (χ3v) is 5.72. The van der Waals surface area contributed by atoms with Crippen LogP contribution >= 0.6 is 11.3 Å². The molecule has 0 saturated heterocycles. The molecular weight excluding hydrogens is 226 g/mol. The van der Waals surface area contributed by atoms with Gasteiger partial charge in [0.05, 0.1) is 0 Å². The van der Waals surface area contributed by atoms with E-state index in [1.807, 2.05) is 0 Å². The summed E-state index contributed by atoms with van der Waals surface area (Å²) in [6.07, 6.45) is 10.1. The van der Waals surface area contributed by atoms with E-state index in [1.165, 1.54) is 50.5 Å². The fourth-order valence-electron chi connectivity index (χ4n) is 3.97. The highest BCUT2D eigenvalue weighted by Gasteiger charge is 2.34. The van der Waals surface area contributed by atoms with Gasteiger partial charge in [0.2, 0.25) is 0 Å². The quantitative estimate of drug-likeness (QED) is 0.828. The first-order valence-electron chi connectivity index (χ1n) is 7.12. The summed E-state index contributed by atoms with van der Waals surface area (Å²) in [7, 11) is 0. The molecule has 0 radical (unpaired) electrons. The zero-order valence-corrected chi connectivity index (χ0v) is 11.3. The Balaban J connectivity index is 1.65. The number of fused-ring (bicyclic) bond motifs is 1. The maximum Gasteiger partial charge on any atom is 0.0331 e. The molecule has 4 unspecified atom stereocenters. The van der Waals surface area contributed by atoms with Crippen molar-refractivity contribution in [3.05, 3.63) is 22.4 Å². The Morgan fingerprint density at radius 3 is 2.71 bits per heavy atom. The Morgan fingerprint density at radius 2 is 1.94 bits per heavy atom. The van der Waals surface area contributed by atoms with Gasteiger partial charge in [0.25, 0.3) is 0 Å². The topological polar surface area (TPSA) is 26.0 Å². The molecular formula is C15H23NS. The number of hydrogen-bond acceptors (Lipinski definition) is 2. The molecule has 2 saturated carbocycles. The Bertz CT molecular complexity index is 346. The van der Waals surface area contributed by atoms with Crippen molar-refractivity contribution in [3.63, 3.8) is 0 Å². The largest absolute Gasteiger partial charge is 0.324 e. The van der Waals surface area contributed by atoms with E-state index in [4.69, 9.17) is 5.73 Å². The highest BCUT2D eigenvalue weighted by molar-refractivity contribution is 7.07. The number of nitrogens with two attached hydrogens (primary N) is 1. The molecule has 0 aromatic carbocycles. The SMILES string of the molecule is NC(c1ccsc1)C1CCC2CCCCC2C1. The van der Waals surface area contributed by atoms with E-state index in [2.05, 4.69) is 16.8 Å². The second-order valence-corrected chi connectivity index (χ2v) is 6.74. The van der Waals surface area contributed by atoms with Gasteiger partial charge in [-0.25, -0.2) is 0 Å². The lowest BCUT2D eigenvalue weighted by Gasteiger charge is -2.41. The fourth-order valence-corrected chi connectivity index (χ4v) is 4.68. The molecule has 1 aromatic rings. The van der Waals surface area contributed by atoms with Crippen molar-refractivity contribution in [1.29, 1.82) is 0 Å². The Morgan fingerprint density at radius 1 is 1.12 bits per heavy atom. The minimum Gasteiger partial charge on any atom is -0.324 e. The summed E-state index contributed by atoms with van der Waals surface area (Å²) < 4.78 is 0. The Kier molecular flexibility index (Phi) is 3.53. The summed E-state index contributed by atoms with van der Waals surface area (Å²) in [6.45, 7) is 0. The van der Waals surface area contributed by atoms with Crippen LogP contribution in [0.1, 0.15) is 56.6 Å².